The number of nitrogens with one attached hydrogen (secondary N) is 2. The zero-order valence-corrected chi connectivity index (χ0v) is 19.6. The summed E-state index contributed by atoms with van der Waals surface area (Å²) < 4.78 is -0.612. The molecule has 6 atom stereocenters. The molecule has 2 unspecified atom stereocenters. The van der Waals surface area contributed by atoms with Crippen LogP contribution in [-0.4, -0.2) is 63.0 Å². The Morgan fingerprint density at radius 3 is 2.62 bits per heavy atom. The number of nitrogens with zero attached hydrogens (tertiary/aromatic N) is 1. The molecule has 3 N–H and O–H groups in total. The van der Waals surface area contributed by atoms with E-state index in [4.69, 9.17) is 0 Å². The molecule has 32 heavy (non-hydrogen) atoms. The molecule has 1 aromatic carbocycles. The Morgan fingerprint density at radius 1 is 1.22 bits per heavy atom. The third kappa shape index (κ3) is 3.71. The van der Waals surface area contributed by atoms with Crippen LogP contribution in [-0.2, 0) is 20.9 Å². The number of benzene rings is 1. The number of hydrogen-bond acceptors (Lipinski definition) is 5. The van der Waals surface area contributed by atoms with Crippen molar-refractivity contribution in [3.8, 4) is 0 Å². The van der Waals surface area contributed by atoms with Crippen LogP contribution in [0.15, 0.2) is 30.3 Å². The molecule has 3 saturated heterocycles. The Kier molecular flexibility index (Phi) is 6.81. The van der Waals surface area contributed by atoms with E-state index >= 15 is 0 Å². The van der Waals surface area contributed by atoms with Gasteiger partial charge in [0, 0.05) is 18.3 Å². The van der Waals surface area contributed by atoms with Gasteiger partial charge in [-0.05, 0) is 31.2 Å². The zero-order chi connectivity index (χ0) is 22.9. The van der Waals surface area contributed by atoms with Crippen molar-refractivity contribution in [2.45, 2.75) is 68.2 Å². The summed E-state index contributed by atoms with van der Waals surface area (Å²) >= 11 is 1.66. The smallest absolute Gasteiger partial charge is 0.244 e. The summed E-state index contributed by atoms with van der Waals surface area (Å²) in [6.07, 6.45) is 2.94. The van der Waals surface area contributed by atoms with Gasteiger partial charge in [0.05, 0.1) is 29.2 Å². The van der Waals surface area contributed by atoms with E-state index in [1.165, 1.54) is 0 Å². The maximum Gasteiger partial charge on any atom is 0.244 e. The van der Waals surface area contributed by atoms with Gasteiger partial charge in [0.15, 0.2) is 0 Å². The highest BCUT2D eigenvalue weighted by Crippen LogP contribution is 2.66. The van der Waals surface area contributed by atoms with Crippen LogP contribution in [0.4, 0.5) is 0 Å². The fourth-order valence-corrected chi connectivity index (χ4v) is 7.95. The van der Waals surface area contributed by atoms with E-state index < -0.39 is 28.7 Å². The van der Waals surface area contributed by atoms with Crippen molar-refractivity contribution in [1.82, 2.24) is 15.5 Å². The van der Waals surface area contributed by atoms with Gasteiger partial charge in [-0.2, -0.15) is 0 Å². The molecular weight excluding hydrogens is 426 g/mol. The number of rotatable bonds is 9. The van der Waals surface area contributed by atoms with E-state index in [0.29, 0.717) is 19.5 Å². The lowest BCUT2D eigenvalue weighted by Crippen LogP contribution is -2.56. The molecule has 0 saturated carbocycles. The third-order valence-corrected chi connectivity index (χ3v) is 9.18. The molecule has 174 valence electrons. The Morgan fingerprint density at radius 2 is 1.97 bits per heavy atom. The highest BCUT2D eigenvalue weighted by Gasteiger charge is 2.74. The van der Waals surface area contributed by atoms with Crippen molar-refractivity contribution in [2.24, 2.45) is 11.8 Å². The van der Waals surface area contributed by atoms with Gasteiger partial charge in [0.1, 0.15) is 6.04 Å². The second-order valence-corrected chi connectivity index (χ2v) is 10.6. The number of carbonyl (C=O) groups is 3. The molecule has 4 rings (SSSR count). The largest absolute Gasteiger partial charge is 0.394 e. The highest BCUT2D eigenvalue weighted by atomic mass is 32.2. The van der Waals surface area contributed by atoms with Gasteiger partial charge in [-0.3, -0.25) is 14.4 Å². The zero-order valence-electron chi connectivity index (χ0n) is 18.8. The molecule has 7 nitrogen and oxygen atoms in total. The lowest BCUT2D eigenvalue weighted by molar-refractivity contribution is -0.142. The minimum atomic E-state index is -0.681. The normalized spacial score (nSPS) is 31.5. The fourth-order valence-electron chi connectivity index (χ4n) is 5.75. The molecule has 0 aliphatic carbocycles. The van der Waals surface area contributed by atoms with Crippen molar-refractivity contribution in [3.63, 3.8) is 0 Å². The van der Waals surface area contributed by atoms with E-state index in [9.17, 15) is 19.5 Å². The summed E-state index contributed by atoms with van der Waals surface area (Å²) in [5, 5.41) is 16.1. The fraction of sp³-hybridized carbons (Fsp3) is 0.625. The number of carbonyl (C=O) groups excluding carboxylic acids is 3. The number of hydrogen-bond donors (Lipinski definition) is 3. The van der Waals surface area contributed by atoms with Crippen molar-refractivity contribution in [2.75, 3.05) is 13.2 Å². The number of amides is 3. The molecule has 3 aliphatic heterocycles. The summed E-state index contributed by atoms with van der Waals surface area (Å²) in [5.41, 5.74) is 0.986. The van der Waals surface area contributed by atoms with Gasteiger partial charge in [-0.1, -0.05) is 44.2 Å². The van der Waals surface area contributed by atoms with Gasteiger partial charge in [0.25, 0.3) is 0 Å². The summed E-state index contributed by atoms with van der Waals surface area (Å²) in [6.45, 7) is 4.67. The van der Waals surface area contributed by atoms with Crippen molar-refractivity contribution >= 4 is 29.5 Å². The Bertz CT molecular complexity index is 862. The van der Waals surface area contributed by atoms with Crippen LogP contribution in [0.25, 0.3) is 0 Å². The number of fused-ring (bicyclic) bond motifs is 1. The second kappa shape index (κ2) is 9.43. The van der Waals surface area contributed by atoms with Gasteiger partial charge in [-0.25, -0.2) is 0 Å². The minimum Gasteiger partial charge on any atom is -0.394 e. The predicted octanol–water partition coefficient (Wildman–Crippen LogP) is 1.69. The number of aliphatic hydroxyl groups is 1. The summed E-state index contributed by atoms with van der Waals surface area (Å²) in [4.78, 5) is 42.0. The van der Waals surface area contributed by atoms with E-state index in [0.717, 1.165) is 24.8 Å². The van der Waals surface area contributed by atoms with E-state index in [1.54, 1.807) is 16.7 Å². The summed E-state index contributed by atoms with van der Waals surface area (Å²) in [7, 11) is 0. The standard InChI is InChI=1S/C24H33N3O4S/c1-3-12-25-21(29)18-17-10-11-24(32-17)19(18)23(31)27(16(4-2)14-28)20(24)22(30)26-13-15-8-6-5-7-9-15/h5-9,16-20,28H,3-4,10-14H2,1-2H3,(H,25,29)(H,26,30)/t16-,17+,18-,19-,20?,24?/m0/s1. The third-order valence-electron chi connectivity index (χ3n) is 7.22. The van der Waals surface area contributed by atoms with Gasteiger partial charge in [-0.15, -0.1) is 11.8 Å². The summed E-state index contributed by atoms with van der Waals surface area (Å²) in [6, 6.07) is 8.56. The van der Waals surface area contributed by atoms with Gasteiger partial charge < -0.3 is 20.6 Å². The molecule has 3 aliphatic rings. The first kappa shape index (κ1) is 23.1. The van der Waals surface area contributed by atoms with Crippen LogP contribution in [0.2, 0.25) is 0 Å². The molecule has 1 aromatic rings. The first-order valence-electron chi connectivity index (χ1n) is 11.7. The maximum atomic E-state index is 13.8. The lowest BCUT2D eigenvalue weighted by atomic mass is 9.70. The van der Waals surface area contributed by atoms with Crippen LogP contribution in [0, 0.1) is 11.8 Å². The first-order valence-corrected chi connectivity index (χ1v) is 12.6. The number of aliphatic hydroxyl groups excluding tert-OH is 1. The predicted molar refractivity (Wildman–Crippen MR) is 124 cm³/mol. The number of likely N-dealkylation sites (tertiary alicyclic amines) is 1. The van der Waals surface area contributed by atoms with Crippen LogP contribution in [0.3, 0.4) is 0 Å². The molecule has 0 aromatic heterocycles. The van der Waals surface area contributed by atoms with Crippen LogP contribution in [0.5, 0.6) is 0 Å². The average molecular weight is 460 g/mol. The number of thioether (sulfide) groups is 1. The van der Waals surface area contributed by atoms with E-state index in [2.05, 4.69) is 10.6 Å². The topological polar surface area (TPSA) is 98.7 Å². The minimum absolute atomic E-state index is 0.0570. The molecular formula is C24H33N3O4S. The monoisotopic (exact) mass is 459 g/mol. The van der Waals surface area contributed by atoms with Crippen LogP contribution in [0.1, 0.15) is 45.1 Å². The van der Waals surface area contributed by atoms with Crippen LogP contribution < -0.4 is 10.6 Å². The van der Waals surface area contributed by atoms with Gasteiger partial charge >= 0.3 is 0 Å². The SMILES string of the molecule is CCCNC(=O)[C@@H]1[C@H]2C(=O)N([C@@H](CC)CO)C(C(=O)NCc3ccccc3)C23CC[C@H]1S3. The lowest BCUT2D eigenvalue weighted by Gasteiger charge is -2.36. The Labute approximate surface area is 193 Å². The first-order chi connectivity index (χ1) is 15.5. The molecule has 1 spiro atoms. The van der Waals surface area contributed by atoms with Crippen molar-refractivity contribution < 1.29 is 19.5 Å². The summed E-state index contributed by atoms with van der Waals surface area (Å²) in [5.74, 6) is -1.36. The second-order valence-electron chi connectivity index (χ2n) is 9.04. The average Bonchev–Trinajstić information content (AvgIpc) is 3.45. The van der Waals surface area contributed by atoms with E-state index in [-0.39, 0.29) is 29.6 Å². The van der Waals surface area contributed by atoms with Crippen LogP contribution >= 0.6 is 11.8 Å². The molecule has 8 heteroatoms. The Hall–Kier alpha value is -2.06. The van der Waals surface area contributed by atoms with Crippen molar-refractivity contribution in [3.05, 3.63) is 35.9 Å². The molecule has 3 heterocycles. The molecule has 3 amide bonds. The molecule has 0 radical (unpaired) electrons. The maximum absolute atomic E-state index is 13.8. The molecule has 2 bridgehead atoms. The highest BCUT2D eigenvalue weighted by molar-refractivity contribution is 8.02. The molecule has 3 fully saturated rings. The van der Waals surface area contributed by atoms with E-state index in [1.807, 2.05) is 44.2 Å². The van der Waals surface area contributed by atoms with Crippen molar-refractivity contribution in [1.29, 1.82) is 0 Å². The Balaban J connectivity index is 1.65. The quantitative estimate of drug-likeness (QED) is 0.522. The van der Waals surface area contributed by atoms with Gasteiger partial charge in [0.2, 0.25) is 17.7 Å².